The maximum absolute atomic E-state index is 13.1. The van der Waals surface area contributed by atoms with Gasteiger partial charge in [-0.2, -0.15) is 0 Å². The molecule has 0 heterocycles. The Kier molecular flexibility index (Phi) is 1.20. The maximum atomic E-state index is 13.1. The third-order valence-electron chi connectivity index (χ3n) is 1.03. The highest BCUT2D eigenvalue weighted by Crippen LogP contribution is 2.28. The molecule has 0 aliphatic heterocycles. The minimum Gasteiger partial charge on any atom is -0.202 e. The first-order valence-electron chi connectivity index (χ1n) is 4.82. The lowest BCUT2D eigenvalue weighted by molar-refractivity contribution is 0.0174. The Morgan fingerprint density at radius 2 is 2.18 bits per heavy atom. The summed E-state index contributed by atoms with van der Waals surface area (Å²) < 4.78 is 55.2. The second-order valence-electron chi connectivity index (χ2n) is 2.08. The van der Waals surface area contributed by atoms with Gasteiger partial charge in [-0.05, 0) is 12.1 Å². The first kappa shape index (κ1) is 4.55. The molecular weight excluding hydrogens is 214 g/mol. The van der Waals surface area contributed by atoms with Gasteiger partial charge < -0.3 is 0 Å². The van der Waals surface area contributed by atoms with Crippen LogP contribution in [0.1, 0.15) is 18.0 Å². The molecule has 0 amide bonds. The molecule has 60 valence electrons. The maximum Gasteiger partial charge on any atom is 0.270 e. The van der Waals surface area contributed by atoms with Crippen LogP contribution in [0.5, 0.6) is 0 Å². The van der Waals surface area contributed by atoms with Crippen molar-refractivity contribution in [2.24, 2.45) is 0 Å². The number of halogens is 3. The van der Waals surface area contributed by atoms with Gasteiger partial charge in [0.1, 0.15) is 0 Å². The van der Waals surface area contributed by atoms with E-state index in [9.17, 15) is 8.78 Å². The Morgan fingerprint density at radius 1 is 1.55 bits per heavy atom. The lowest BCUT2D eigenvalue weighted by Gasteiger charge is -2.09. The van der Waals surface area contributed by atoms with Gasteiger partial charge in [-0.3, -0.25) is 0 Å². The summed E-state index contributed by atoms with van der Waals surface area (Å²) in [5.74, 6) is -3.36. The zero-order valence-electron chi connectivity index (χ0n) is 9.63. The van der Waals surface area contributed by atoms with E-state index in [0.29, 0.717) is 6.92 Å². The Balaban J connectivity index is 3.68. The van der Waals surface area contributed by atoms with E-state index in [4.69, 9.17) is 5.48 Å². The molecule has 0 aliphatic carbocycles. The molecule has 0 unspecified atom stereocenters. The van der Waals surface area contributed by atoms with Crippen LogP contribution in [0.15, 0.2) is 28.6 Å². The summed E-state index contributed by atoms with van der Waals surface area (Å²) in [5, 5.41) is 0. The molecule has 0 aliphatic rings. The first-order valence-corrected chi connectivity index (χ1v) is 3.61. The third-order valence-corrected chi connectivity index (χ3v) is 1.43. The summed E-state index contributed by atoms with van der Waals surface area (Å²) in [6.07, 6.45) is 0. The molecule has 0 saturated heterocycles. The van der Waals surface area contributed by atoms with E-state index in [1.165, 1.54) is 0 Å². The summed E-state index contributed by atoms with van der Waals surface area (Å²) in [6.45, 7) is 0.563. The van der Waals surface area contributed by atoms with Crippen molar-refractivity contribution in [3.05, 3.63) is 34.2 Å². The monoisotopic (exact) mass is 224 g/mol. The zero-order chi connectivity index (χ0) is 12.0. The largest absolute Gasteiger partial charge is 0.270 e. The lowest BCUT2D eigenvalue weighted by Crippen LogP contribution is -2.06. The Hall–Kier alpha value is -0.440. The van der Waals surface area contributed by atoms with E-state index < -0.39 is 35.7 Å². The predicted octanol–water partition coefficient (Wildman–Crippen LogP) is 3.56. The third kappa shape index (κ3) is 2.26. The Bertz CT molecular complexity index is 385. The number of hydrogen-bond donors (Lipinski definition) is 0. The second-order valence-corrected chi connectivity index (χ2v) is 2.87. The fourth-order valence-electron chi connectivity index (χ4n) is 0.540. The highest BCUT2D eigenvalue weighted by Gasteiger charge is 2.23. The molecule has 0 bridgehead atoms. The van der Waals surface area contributed by atoms with Crippen LogP contribution in [-0.2, 0) is 5.92 Å². The summed E-state index contributed by atoms with van der Waals surface area (Å²) >= 11 is 2.80. The van der Waals surface area contributed by atoms with Gasteiger partial charge in [-0.1, -0.05) is 28.0 Å². The SMILES string of the molecule is [2H]c1c([2H])c(Br)c([2H])c(C(C)(F)F)c1[2H]. The van der Waals surface area contributed by atoms with E-state index in [1.807, 2.05) is 0 Å². The van der Waals surface area contributed by atoms with Crippen LogP contribution in [0, 0.1) is 0 Å². The fourth-order valence-corrected chi connectivity index (χ4v) is 0.838. The summed E-state index contributed by atoms with van der Waals surface area (Å²) in [6, 6.07) is -2.39. The van der Waals surface area contributed by atoms with Crippen molar-refractivity contribution in [1.29, 1.82) is 0 Å². The van der Waals surface area contributed by atoms with Crippen LogP contribution in [0.3, 0.4) is 0 Å². The molecule has 11 heavy (non-hydrogen) atoms. The molecule has 1 aromatic carbocycles. The van der Waals surface area contributed by atoms with Gasteiger partial charge in [0.05, 0.1) is 5.48 Å². The van der Waals surface area contributed by atoms with E-state index in [1.54, 1.807) is 0 Å². The van der Waals surface area contributed by atoms with Crippen LogP contribution in [0.2, 0.25) is 0 Å². The van der Waals surface area contributed by atoms with Crippen molar-refractivity contribution in [3.63, 3.8) is 0 Å². The highest BCUT2D eigenvalue weighted by molar-refractivity contribution is 9.10. The van der Waals surface area contributed by atoms with Gasteiger partial charge in [-0.15, -0.1) is 0 Å². The van der Waals surface area contributed by atoms with Crippen LogP contribution in [0.25, 0.3) is 0 Å². The average Bonchev–Trinajstić information content (AvgIpc) is 2.09. The number of hydrogen-bond acceptors (Lipinski definition) is 0. The molecule has 0 saturated carbocycles. The van der Waals surface area contributed by atoms with E-state index in [2.05, 4.69) is 15.9 Å². The smallest absolute Gasteiger partial charge is 0.202 e. The fraction of sp³-hybridized carbons (Fsp3) is 0.250. The van der Waals surface area contributed by atoms with E-state index in [-0.39, 0.29) is 4.47 Å². The molecule has 0 N–H and O–H groups in total. The minimum atomic E-state index is -3.36. The van der Waals surface area contributed by atoms with Gasteiger partial charge in [0.25, 0.3) is 5.92 Å². The predicted molar refractivity (Wildman–Crippen MR) is 43.7 cm³/mol. The molecule has 0 aromatic heterocycles. The molecule has 0 atom stereocenters. The Labute approximate surface area is 78.0 Å². The molecule has 1 aromatic rings. The van der Waals surface area contributed by atoms with Crippen LogP contribution >= 0.6 is 15.9 Å². The van der Waals surface area contributed by atoms with E-state index >= 15 is 0 Å². The van der Waals surface area contributed by atoms with Gasteiger partial charge in [0, 0.05) is 17.0 Å². The van der Waals surface area contributed by atoms with Gasteiger partial charge in [0.2, 0.25) is 0 Å². The van der Waals surface area contributed by atoms with Crippen LogP contribution in [0.4, 0.5) is 8.78 Å². The van der Waals surface area contributed by atoms with Gasteiger partial charge >= 0.3 is 0 Å². The van der Waals surface area contributed by atoms with Crippen LogP contribution < -0.4 is 0 Å². The average molecular weight is 225 g/mol. The normalized spacial score (nSPS) is 16.7. The van der Waals surface area contributed by atoms with Crippen molar-refractivity contribution in [2.75, 3.05) is 0 Å². The molecule has 0 spiro atoms. The zero-order valence-corrected chi connectivity index (χ0v) is 7.22. The van der Waals surface area contributed by atoms with Crippen molar-refractivity contribution in [3.8, 4) is 0 Å². The van der Waals surface area contributed by atoms with Gasteiger partial charge in [-0.25, -0.2) is 8.78 Å². The van der Waals surface area contributed by atoms with Crippen molar-refractivity contribution < 1.29 is 14.3 Å². The molecular formula is C8H7BrF2. The number of rotatable bonds is 1. The topological polar surface area (TPSA) is 0 Å². The summed E-state index contributed by atoms with van der Waals surface area (Å²) in [7, 11) is 0. The minimum absolute atomic E-state index is 0.181. The first-order chi connectivity index (χ1) is 6.68. The van der Waals surface area contributed by atoms with E-state index in [0.717, 1.165) is 0 Å². The quantitative estimate of drug-likeness (QED) is 0.685. The molecule has 0 fully saturated rings. The highest BCUT2D eigenvalue weighted by atomic mass is 79.9. The van der Waals surface area contributed by atoms with Crippen LogP contribution in [-0.4, -0.2) is 0 Å². The summed E-state index contributed by atoms with van der Waals surface area (Å²) in [5.41, 5.74) is -0.824. The number of benzene rings is 1. The molecule has 1 rings (SSSR count). The van der Waals surface area contributed by atoms with Crippen molar-refractivity contribution >= 4 is 15.9 Å². The van der Waals surface area contributed by atoms with Crippen molar-refractivity contribution in [2.45, 2.75) is 12.8 Å². The lowest BCUT2D eigenvalue weighted by atomic mass is 10.1. The summed E-state index contributed by atoms with van der Waals surface area (Å²) in [4.78, 5) is 0. The molecule has 3 heteroatoms. The second kappa shape index (κ2) is 2.89. The van der Waals surface area contributed by atoms with Gasteiger partial charge in [0.15, 0.2) is 0 Å². The molecule has 0 radical (unpaired) electrons. The number of alkyl halides is 2. The Morgan fingerprint density at radius 3 is 2.73 bits per heavy atom. The van der Waals surface area contributed by atoms with Crippen molar-refractivity contribution in [1.82, 2.24) is 0 Å². The standard InChI is InChI=1S/C8H7BrF2/c1-8(10,11)6-3-2-4-7(9)5-6/h2-5H,1H3/i2D,3D,4D,5D. The molecule has 0 nitrogen and oxygen atoms in total.